The lowest BCUT2D eigenvalue weighted by Gasteiger charge is -2.36. The number of methoxy groups -OCH3 is 1. The first-order valence-corrected chi connectivity index (χ1v) is 9.39. The number of urea groups is 1. The maximum atomic E-state index is 13.0. The number of hydrogen-bond acceptors (Lipinski definition) is 6. The van der Waals surface area contributed by atoms with E-state index in [9.17, 15) is 19.2 Å². The SMILES string of the molecule is COC(=O)c1ccccc1N=C[C@@H]1C(=O)NC(=O)N([C@H]2C[C@H]3CC[C@H]2C3)C1=O. The van der Waals surface area contributed by atoms with Gasteiger partial charge in [0, 0.05) is 12.3 Å². The summed E-state index contributed by atoms with van der Waals surface area (Å²) in [5, 5.41) is 2.28. The van der Waals surface area contributed by atoms with E-state index in [0.29, 0.717) is 17.5 Å². The van der Waals surface area contributed by atoms with Crippen molar-refractivity contribution < 1.29 is 23.9 Å². The number of hydrogen-bond donors (Lipinski definition) is 1. The molecule has 4 amide bonds. The minimum atomic E-state index is -1.21. The quantitative estimate of drug-likeness (QED) is 0.487. The number of nitrogens with one attached hydrogen (secondary N) is 1. The highest BCUT2D eigenvalue weighted by molar-refractivity contribution is 6.23. The number of carbonyl (C=O) groups excluding carboxylic acids is 4. The Bertz CT molecular complexity index is 880. The molecule has 0 spiro atoms. The molecule has 8 heteroatoms. The van der Waals surface area contributed by atoms with E-state index in [1.807, 2.05) is 0 Å². The average molecular weight is 383 g/mol. The molecule has 0 radical (unpaired) electrons. The van der Waals surface area contributed by atoms with E-state index in [-0.39, 0.29) is 11.6 Å². The van der Waals surface area contributed by atoms with Crippen LogP contribution in [0.15, 0.2) is 29.3 Å². The van der Waals surface area contributed by atoms with Crippen LogP contribution in [-0.4, -0.2) is 48.1 Å². The van der Waals surface area contributed by atoms with Crippen molar-refractivity contribution in [1.29, 1.82) is 0 Å². The second-order valence-corrected chi connectivity index (χ2v) is 7.51. The first-order chi connectivity index (χ1) is 13.5. The van der Waals surface area contributed by atoms with E-state index in [1.54, 1.807) is 24.3 Å². The third kappa shape index (κ3) is 3.08. The van der Waals surface area contributed by atoms with Crippen molar-refractivity contribution in [2.24, 2.45) is 22.7 Å². The molecule has 28 heavy (non-hydrogen) atoms. The molecule has 2 aliphatic carbocycles. The van der Waals surface area contributed by atoms with Gasteiger partial charge in [0.1, 0.15) is 0 Å². The summed E-state index contributed by atoms with van der Waals surface area (Å²) in [6.07, 6.45) is 5.17. The van der Waals surface area contributed by atoms with E-state index in [4.69, 9.17) is 4.74 Å². The Balaban J connectivity index is 1.58. The number of carbonyl (C=O) groups is 4. The Kier molecular flexibility index (Phi) is 4.70. The molecule has 1 aromatic carbocycles. The number of benzene rings is 1. The fourth-order valence-corrected chi connectivity index (χ4v) is 4.60. The number of para-hydroxylation sites is 1. The second-order valence-electron chi connectivity index (χ2n) is 7.51. The first-order valence-electron chi connectivity index (χ1n) is 9.39. The van der Waals surface area contributed by atoms with Crippen LogP contribution in [0.2, 0.25) is 0 Å². The minimum absolute atomic E-state index is 0.155. The Morgan fingerprint density at radius 2 is 2.00 bits per heavy atom. The third-order valence-electron chi connectivity index (χ3n) is 5.94. The molecule has 3 aliphatic rings. The van der Waals surface area contributed by atoms with Crippen LogP contribution >= 0.6 is 0 Å². The van der Waals surface area contributed by atoms with Crippen molar-refractivity contribution in [1.82, 2.24) is 10.2 Å². The summed E-state index contributed by atoms with van der Waals surface area (Å²) in [7, 11) is 1.26. The maximum absolute atomic E-state index is 13.0. The molecule has 8 nitrogen and oxygen atoms in total. The predicted molar refractivity (Wildman–Crippen MR) is 99.0 cm³/mol. The minimum Gasteiger partial charge on any atom is -0.465 e. The molecular weight excluding hydrogens is 362 g/mol. The van der Waals surface area contributed by atoms with E-state index >= 15 is 0 Å². The zero-order valence-corrected chi connectivity index (χ0v) is 15.5. The summed E-state index contributed by atoms with van der Waals surface area (Å²) < 4.78 is 4.73. The second kappa shape index (κ2) is 7.18. The molecule has 0 aromatic heterocycles. The normalized spacial score (nSPS) is 29.5. The number of amides is 4. The third-order valence-corrected chi connectivity index (χ3v) is 5.94. The van der Waals surface area contributed by atoms with Crippen LogP contribution < -0.4 is 5.32 Å². The summed E-state index contributed by atoms with van der Waals surface area (Å²) in [4.78, 5) is 54.9. The maximum Gasteiger partial charge on any atom is 0.340 e. The fourth-order valence-electron chi connectivity index (χ4n) is 4.60. The molecule has 4 atom stereocenters. The van der Waals surface area contributed by atoms with Crippen molar-refractivity contribution >= 4 is 35.7 Å². The molecule has 1 saturated heterocycles. The summed E-state index contributed by atoms with van der Waals surface area (Å²) in [5.74, 6) is -2.16. The molecule has 1 aliphatic heterocycles. The fraction of sp³-hybridized carbons (Fsp3) is 0.450. The van der Waals surface area contributed by atoms with Crippen molar-refractivity contribution in [2.75, 3.05) is 7.11 Å². The van der Waals surface area contributed by atoms with E-state index < -0.39 is 29.7 Å². The average Bonchev–Trinajstić information content (AvgIpc) is 3.31. The molecule has 146 valence electrons. The van der Waals surface area contributed by atoms with Crippen LogP contribution in [0, 0.1) is 17.8 Å². The summed E-state index contributed by atoms with van der Waals surface area (Å²) in [6.45, 7) is 0. The number of aliphatic imine (C=N–C) groups is 1. The van der Waals surface area contributed by atoms with Gasteiger partial charge in [-0.1, -0.05) is 18.6 Å². The molecule has 0 unspecified atom stereocenters. The summed E-state index contributed by atoms with van der Waals surface area (Å²) in [5.41, 5.74) is 0.518. The van der Waals surface area contributed by atoms with Crippen LogP contribution in [-0.2, 0) is 14.3 Å². The lowest BCUT2D eigenvalue weighted by molar-refractivity contribution is -0.141. The van der Waals surface area contributed by atoms with Gasteiger partial charge < -0.3 is 4.74 Å². The number of imide groups is 2. The van der Waals surface area contributed by atoms with Gasteiger partial charge in [0.15, 0.2) is 5.92 Å². The lowest BCUT2D eigenvalue weighted by atomic mass is 9.92. The van der Waals surface area contributed by atoms with Crippen molar-refractivity contribution in [3.8, 4) is 0 Å². The molecule has 1 aromatic rings. The first kappa shape index (κ1) is 18.3. The van der Waals surface area contributed by atoms with Crippen LogP contribution in [0.4, 0.5) is 10.5 Å². The van der Waals surface area contributed by atoms with Crippen LogP contribution in [0.1, 0.15) is 36.0 Å². The summed E-state index contributed by atoms with van der Waals surface area (Å²) >= 11 is 0. The predicted octanol–water partition coefficient (Wildman–Crippen LogP) is 2.06. The largest absolute Gasteiger partial charge is 0.465 e. The van der Waals surface area contributed by atoms with E-state index in [0.717, 1.165) is 25.7 Å². The van der Waals surface area contributed by atoms with Gasteiger partial charge in [-0.25, -0.2) is 9.59 Å². The van der Waals surface area contributed by atoms with Gasteiger partial charge >= 0.3 is 12.0 Å². The zero-order valence-electron chi connectivity index (χ0n) is 15.5. The molecule has 2 bridgehead atoms. The molecule has 4 rings (SSSR count). The topological polar surface area (TPSA) is 105 Å². The highest BCUT2D eigenvalue weighted by atomic mass is 16.5. The van der Waals surface area contributed by atoms with Gasteiger partial charge in [0.2, 0.25) is 11.8 Å². The van der Waals surface area contributed by atoms with E-state index in [1.165, 1.54) is 18.2 Å². The number of esters is 1. The van der Waals surface area contributed by atoms with Gasteiger partial charge in [0.25, 0.3) is 0 Å². The van der Waals surface area contributed by atoms with Crippen LogP contribution in [0.25, 0.3) is 0 Å². The Morgan fingerprint density at radius 3 is 2.68 bits per heavy atom. The highest BCUT2D eigenvalue weighted by Gasteiger charge is 2.50. The number of barbiturate groups is 1. The molecule has 2 saturated carbocycles. The lowest BCUT2D eigenvalue weighted by Crippen LogP contribution is -2.62. The van der Waals surface area contributed by atoms with Crippen molar-refractivity contribution in [3.63, 3.8) is 0 Å². The molecule has 1 heterocycles. The number of nitrogens with zero attached hydrogens (tertiary/aromatic N) is 2. The van der Waals surface area contributed by atoms with Crippen molar-refractivity contribution in [3.05, 3.63) is 29.8 Å². The number of ether oxygens (including phenoxy) is 1. The van der Waals surface area contributed by atoms with Gasteiger partial charge in [0.05, 0.1) is 18.4 Å². The smallest absolute Gasteiger partial charge is 0.340 e. The number of rotatable bonds is 4. The Hall–Kier alpha value is -3.03. The van der Waals surface area contributed by atoms with Gasteiger partial charge in [-0.3, -0.25) is 24.8 Å². The van der Waals surface area contributed by atoms with Gasteiger partial charge in [-0.2, -0.15) is 0 Å². The zero-order chi connectivity index (χ0) is 19.8. The number of fused-ring (bicyclic) bond motifs is 2. The molecular formula is C20H21N3O5. The molecule has 3 fully saturated rings. The van der Waals surface area contributed by atoms with Gasteiger partial charge in [-0.05, 0) is 43.2 Å². The Labute approximate surface area is 161 Å². The standard InChI is InChI=1S/C20H21N3O5/c1-28-19(26)13-4-2-3-5-15(13)21-10-14-17(24)22-20(27)23(18(14)25)16-9-11-6-7-12(16)8-11/h2-5,10-12,14,16H,6-9H2,1H3,(H,22,24,27)/t11-,12-,14+,16-/m0/s1. The Morgan fingerprint density at radius 1 is 1.21 bits per heavy atom. The van der Waals surface area contributed by atoms with Crippen LogP contribution in [0.3, 0.4) is 0 Å². The monoisotopic (exact) mass is 383 g/mol. The summed E-state index contributed by atoms with van der Waals surface area (Å²) in [6, 6.07) is 5.69. The van der Waals surface area contributed by atoms with Crippen LogP contribution in [0.5, 0.6) is 0 Å². The van der Waals surface area contributed by atoms with E-state index in [2.05, 4.69) is 10.3 Å². The highest BCUT2D eigenvalue weighted by Crippen LogP contribution is 2.47. The van der Waals surface area contributed by atoms with Crippen molar-refractivity contribution in [2.45, 2.75) is 31.7 Å². The molecule has 1 N–H and O–H groups in total. The van der Waals surface area contributed by atoms with Gasteiger partial charge in [-0.15, -0.1) is 0 Å².